The minimum Gasteiger partial charge on any atom is -0.376 e. The zero-order valence-electron chi connectivity index (χ0n) is 21.3. The number of nitrogens with zero attached hydrogens (tertiary/aromatic N) is 4. The maximum atomic E-state index is 6.44. The van der Waals surface area contributed by atoms with E-state index in [4.69, 9.17) is 26.3 Å². The molecule has 0 saturated carbocycles. The van der Waals surface area contributed by atoms with Crippen LogP contribution in [0.25, 0.3) is 22.2 Å². The zero-order valence-corrected chi connectivity index (χ0v) is 22.0. The largest absolute Gasteiger partial charge is 0.376 e. The predicted octanol–water partition coefficient (Wildman–Crippen LogP) is 6.61. The van der Waals surface area contributed by atoms with Gasteiger partial charge >= 0.3 is 0 Å². The molecule has 36 heavy (non-hydrogen) atoms. The van der Waals surface area contributed by atoms with E-state index in [0.717, 1.165) is 59.2 Å². The Morgan fingerprint density at radius 3 is 2.61 bits per heavy atom. The summed E-state index contributed by atoms with van der Waals surface area (Å²) in [6.07, 6.45) is 1.96. The van der Waals surface area contributed by atoms with Crippen molar-refractivity contribution in [1.82, 2.24) is 19.9 Å². The lowest BCUT2D eigenvalue weighted by molar-refractivity contribution is -0.0219. The summed E-state index contributed by atoms with van der Waals surface area (Å²) in [5.74, 6) is 1.56. The number of morpholine rings is 1. The average molecular weight is 502 g/mol. The van der Waals surface area contributed by atoms with Gasteiger partial charge in [-0.2, -0.15) is 0 Å². The van der Waals surface area contributed by atoms with Crippen LogP contribution in [0.1, 0.15) is 39.1 Å². The minimum atomic E-state index is 0.103. The summed E-state index contributed by atoms with van der Waals surface area (Å²) in [6.45, 7) is 11.9. The molecule has 1 aliphatic heterocycles. The summed E-state index contributed by atoms with van der Waals surface area (Å²) < 4.78 is 5.71. The second-order valence-corrected chi connectivity index (χ2v) is 10.8. The molecule has 0 unspecified atom stereocenters. The first kappa shape index (κ1) is 24.6. The third kappa shape index (κ3) is 5.51. The van der Waals surface area contributed by atoms with Crippen LogP contribution in [-0.4, -0.2) is 45.7 Å². The second kappa shape index (κ2) is 10.1. The van der Waals surface area contributed by atoms with Gasteiger partial charge in [-0.3, -0.25) is 9.88 Å². The fourth-order valence-corrected chi connectivity index (χ4v) is 4.74. The molecule has 1 saturated heterocycles. The van der Waals surface area contributed by atoms with Crippen LogP contribution in [0.15, 0.2) is 60.8 Å². The van der Waals surface area contributed by atoms with E-state index >= 15 is 0 Å². The summed E-state index contributed by atoms with van der Waals surface area (Å²) in [5.41, 5.74) is 4.92. The van der Waals surface area contributed by atoms with Crippen LogP contribution in [-0.2, 0) is 16.7 Å². The van der Waals surface area contributed by atoms with E-state index in [0.29, 0.717) is 11.6 Å². The Morgan fingerprint density at radius 2 is 1.89 bits per heavy atom. The van der Waals surface area contributed by atoms with Crippen LogP contribution in [0.5, 0.6) is 0 Å². The highest BCUT2D eigenvalue weighted by Gasteiger charge is 2.19. The molecule has 2 aromatic carbocycles. The normalized spacial score (nSPS) is 16.9. The number of hydrogen-bond acceptors (Lipinski definition) is 6. The van der Waals surface area contributed by atoms with Gasteiger partial charge < -0.3 is 10.1 Å². The summed E-state index contributed by atoms with van der Waals surface area (Å²) in [6, 6.07) is 18.4. The quantitative estimate of drug-likeness (QED) is 0.332. The summed E-state index contributed by atoms with van der Waals surface area (Å²) in [5, 5.41) is 5.11. The zero-order chi connectivity index (χ0) is 25.3. The number of nitrogens with one attached hydrogen (secondary N) is 1. The number of pyridine rings is 1. The molecule has 0 spiro atoms. The Morgan fingerprint density at radius 1 is 1.08 bits per heavy atom. The van der Waals surface area contributed by atoms with Crippen LogP contribution >= 0.6 is 11.6 Å². The molecular weight excluding hydrogens is 470 g/mol. The van der Waals surface area contributed by atoms with Gasteiger partial charge in [-0.15, -0.1) is 0 Å². The molecular formula is C29H32ClN5O. The molecule has 1 fully saturated rings. The highest BCUT2D eigenvalue weighted by molar-refractivity contribution is 6.33. The summed E-state index contributed by atoms with van der Waals surface area (Å²) >= 11 is 6.44. The van der Waals surface area contributed by atoms with Crippen LogP contribution in [0.4, 0.5) is 11.5 Å². The van der Waals surface area contributed by atoms with E-state index in [2.05, 4.69) is 67.2 Å². The third-order valence-corrected chi connectivity index (χ3v) is 6.78. The smallest absolute Gasteiger partial charge is 0.145 e. The Bertz CT molecular complexity index is 1370. The number of rotatable bonds is 5. The topological polar surface area (TPSA) is 63.2 Å². The average Bonchev–Trinajstić information content (AvgIpc) is 2.84. The van der Waals surface area contributed by atoms with Crippen molar-refractivity contribution in [2.75, 3.05) is 25.0 Å². The van der Waals surface area contributed by atoms with Crippen molar-refractivity contribution in [2.45, 2.75) is 45.8 Å². The number of ether oxygens (including phenoxy) is 1. The third-order valence-electron chi connectivity index (χ3n) is 6.48. The number of fused-ring (bicyclic) bond motifs is 1. The molecule has 7 heteroatoms. The number of hydrogen-bond donors (Lipinski definition) is 1. The van der Waals surface area contributed by atoms with Gasteiger partial charge in [-0.25, -0.2) is 9.97 Å². The first-order valence-corrected chi connectivity index (χ1v) is 12.8. The van der Waals surface area contributed by atoms with Crippen molar-refractivity contribution in [1.29, 1.82) is 0 Å². The molecule has 1 aliphatic rings. The van der Waals surface area contributed by atoms with Crippen molar-refractivity contribution in [3.63, 3.8) is 0 Å². The van der Waals surface area contributed by atoms with E-state index < -0.39 is 0 Å². The van der Waals surface area contributed by atoms with Gasteiger partial charge in [0, 0.05) is 35.9 Å². The van der Waals surface area contributed by atoms with Gasteiger partial charge in [-0.05, 0) is 54.3 Å². The maximum absolute atomic E-state index is 6.44. The van der Waals surface area contributed by atoms with Gasteiger partial charge in [0.1, 0.15) is 11.6 Å². The molecule has 5 rings (SSSR count). The van der Waals surface area contributed by atoms with Gasteiger partial charge in [0.15, 0.2) is 0 Å². The Hall–Kier alpha value is -3.06. The number of halogens is 1. The van der Waals surface area contributed by atoms with Gasteiger partial charge in [0.25, 0.3) is 0 Å². The van der Waals surface area contributed by atoms with Crippen LogP contribution in [0.2, 0.25) is 5.02 Å². The van der Waals surface area contributed by atoms with Crippen molar-refractivity contribution < 1.29 is 4.74 Å². The lowest BCUT2D eigenvalue weighted by Gasteiger charge is -2.30. The summed E-state index contributed by atoms with van der Waals surface area (Å²) in [7, 11) is 0. The highest BCUT2D eigenvalue weighted by atomic mass is 35.5. The van der Waals surface area contributed by atoms with E-state index in [9.17, 15) is 0 Å². The lowest BCUT2D eigenvalue weighted by atomic mass is 9.87. The minimum absolute atomic E-state index is 0.103. The molecule has 3 heterocycles. The molecule has 0 radical (unpaired) electrons. The molecule has 2 aromatic heterocycles. The molecule has 0 bridgehead atoms. The number of benzene rings is 2. The Balaban J connectivity index is 1.54. The standard InChI is InChI=1S/C29H32ClN5O/c1-19-17-35(14-15-36-19)18-26-33-25-16-20(27-24(30)6-5-13-31-27)7-12-23(25)28(34-26)32-22-10-8-21(9-11-22)29(2,3)4/h5-13,16,19H,14-15,17-18H2,1-4H3,(H,32,33,34)/t19-/m1/s1. The molecule has 4 aromatic rings. The van der Waals surface area contributed by atoms with Crippen LogP contribution in [0.3, 0.4) is 0 Å². The predicted molar refractivity (Wildman–Crippen MR) is 147 cm³/mol. The molecule has 0 aliphatic carbocycles. The number of anilines is 2. The van der Waals surface area contributed by atoms with Crippen LogP contribution < -0.4 is 5.32 Å². The molecule has 0 amide bonds. The molecule has 1 atom stereocenters. The lowest BCUT2D eigenvalue weighted by Crippen LogP contribution is -2.40. The van der Waals surface area contributed by atoms with Gasteiger partial charge in [0.05, 0.1) is 35.5 Å². The van der Waals surface area contributed by atoms with E-state index in [1.807, 2.05) is 30.3 Å². The SMILES string of the molecule is C[C@@H]1CN(Cc2nc(Nc3ccc(C(C)(C)C)cc3)c3ccc(-c4ncccc4Cl)cc3n2)CCO1. The fraction of sp³-hybridized carbons (Fsp3) is 0.345. The Kier molecular flexibility index (Phi) is 6.93. The van der Waals surface area contributed by atoms with Crippen molar-refractivity contribution in [3.05, 3.63) is 77.2 Å². The van der Waals surface area contributed by atoms with Crippen molar-refractivity contribution in [2.24, 2.45) is 0 Å². The van der Waals surface area contributed by atoms with Crippen molar-refractivity contribution in [3.8, 4) is 11.3 Å². The fourth-order valence-electron chi connectivity index (χ4n) is 4.51. The Labute approximate surface area is 217 Å². The maximum Gasteiger partial charge on any atom is 0.145 e. The van der Waals surface area contributed by atoms with Gasteiger partial charge in [-0.1, -0.05) is 50.6 Å². The first-order valence-electron chi connectivity index (χ1n) is 12.4. The van der Waals surface area contributed by atoms with E-state index in [1.165, 1.54) is 5.56 Å². The van der Waals surface area contributed by atoms with E-state index in [1.54, 1.807) is 6.20 Å². The molecule has 1 N–H and O–H groups in total. The molecule has 186 valence electrons. The van der Waals surface area contributed by atoms with Crippen LogP contribution in [0, 0.1) is 0 Å². The summed E-state index contributed by atoms with van der Waals surface area (Å²) in [4.78, 5) is 16.7. The first-order chi connectivity index (χ1) is 17.3. The monoisotopic (exact) mass is 501 g/mol. The van der Waals surface area contributed by atoms with Crippen molar-refractivity contribution >= 4 is 34.0 Å². The molecule has 6 nitrogen and oxygen atoms in total. The highest BCUT2D eigenvalue weighted by Crippen LogP contribution is 2.32. The second-order valence-electron chi connectivity index (χ2n) is 10.4. The number of aromatic nitrogens is 3. The van der Waals surface area contributed by atoms with Gasteiger partial charge in [0.2, 0.25) is 0 Å². The van der Waals surface area contributed by atoms with E-state index in [-0.39, 0.29) is 11.5 Å².